The molecule has 0 spiro atoms. The van der Waals surface area contributed by atoms with Gasteiger partial charge in [-0.1, -0.05) is 18.6 Å². The van der Waals surface area contributed by atoms with E-state index >= 15 is 0 Å². The molecule has 4 aromatic rings. The first-order chi connectivity index (χ1) is 16.8. The van der Waals surface area contributed by atoms with Gasteiger partial charge in [-0.2, -0.15) is 0 Å². The van der Waals surface area contributed by atoms with Crippen LogP contribution in [0.4, 0.5) is 5.82 Å². The zero-order chi connectivity index (χ0) is 22.7. The van der Waals surface area contributed by atoms with Gasteiger partial charge in [0.1, 0.15) is 17.9 Å². The molecule has 0 amide bonds. The van der Waals surface area contributed by atoms with Crippen molar-refractivity contribution in [3.05, 3.63) is 42.6 Å². The van der Waals surface area contributed by atoms with E-state index in [0.29, 0.717) is 36.9 Å². The number of morpholine rings is 1. The van der Waals surface area contributed by atoms with Gasteiger partial charge in [-0.15, -0.1) is 12.4 Å². The van der Waals surface area contributed by atoms with Crippen LogP contribution in [0.1, 0.15) is 19.3 Å². The molecule has 6 rings (SSSR count). The fraction of sp³-hybridized carbons (Fsp3) is 0.423. The largest absolute Gasteiger partial charge is 0.492 e. The summed E-state index contributed by atoms with van der Waals surface area (Å²) in [5, 5.41) is 0.893. The molecule has 0 N–H and O–H groups in total. The molecule has 0 unspecified atom stereocenters. The summed E-state index contributed by atoms with van der Waals surface area (Å²) in [7, 11) is 0. The monoisotopic (exact) mass is 495 g/mol. The maximum Gasteiger partial charge on any atom is 0.229 e. The molecular formula is C26H30ClN5O3. The van der Waals surface area contributed by atoms with Crippen molar-refractivity contribution in [3.63, 3.8) is 0 Å². The molecule has 5 heterocycles. The lowest BCUT2D eigenvalue weighted by Gasteiger charge is -2.27. The molecule has 2 saturated heterocycles. The van der Waals surface area contributed by atoms with E-state index in [0.717, 1.165) is 47.7 Å². The Labute approximate surface area is 210 Å². The summed E-state index contributed by atoms with van der Waals surface area (Å²) in [5.41, 5.74) is 2.96. The molecule has 0 aliphatic carbocycles. The molecule has 0 saturated carbocycles. The Morgan fingerprint density at radius 3 is 2.66 bits per heavy atom. The van der Waals surface area contributed by atoms with Gasteiger partial charge in [-0.3, -0.25) is 4.90 Å². The highest BCUT2D eigenvalue weighted by molar-refractivity contribution is 6.05. The van der Waals surface area contributed by atoms with Crippen molar-refractivity contribution < 1.29 is 13.9 Å². The van der Waals surface area contributed by atoms with E-state index in [9.17, 15) is 0 Å². The first-order valence-corrected chi connectivity index (χ1v) is 12.2. The predicted octanol–water partition coefficient (Wildman–Crippen LogP) is 4.56. The minimum Gasteiger partial charge on any atom is -0.492 e. The van der Waals surface area contributed by atoms with Crippen molar-refractivity contribution in [3.8, 4) is 17.1 Å². The summed E-state index contributed by atoms with van der Waals surface area (Å²) in [6.07, 6.45) is 5.66. The topological polar surface area (TPSA) is 76.8 Å². The van der Waals surface area contributed by atoms with E-state index in [1.807, 2.05) is 36.4 Å². The van der Waals surface area contributed by atoms with E-state index in [-0.39, 0.29) is 12.4 Å². The minimum absolute atomic E-state index is 0. The lowest BCUT2D eigenvalue weighted by atomic mass is 10.1. The Morgan fingerprint density at radius 2 is 1.80 bits per heavy atom. The van der Waals surface area contributed by atoms with Crippen molar-refractivity contribution in [2.45, 2.75) is 19.3 Å². The van der Waals surface area contributed by atoms with E-state index in [1.54, 1.807) is 6.20 Å². The molecule has 2 fully saturated rings. The van der Waals surface area contributed by atoms with Crippen LogP contribution in [0.5, 0.6) is 5.75 Å². The normalized spacial score (nSPS) is 17.0. The smallest absolute Gasteiger partial charge is 0.229 e. The third kappa shape index (κ3) is 5.05. The molecule has 1 aromatic carbocycles. The second-order valence-electron chi connectivity index (χ2n) is 8.88. The number of hydrogen-bond donors (Lipinski definition) is 0. The van der Waals surface area contributed by atoms with Gasteiger partial charge in [0.25, 0.3) is 0 Å². The summed E-state index contributed by atoms with van der Waals surface area (Å²) < 4.78 is 17.8. The molecule has 0 bridgehead atoms. The Kier molecular flexibility index (Phi) is 7.32. The third-order valence-electron chi connectivity index (χ3n) is 6.60. The lowest BCUT2D eigenvalue weighted by Crippen LogP contribution is -2.37. The van der Waals surface area contributed by atoms with Gasteiger partial charge in [-0.05, 0) is 50.2 Å². The zero-order valence-electron chi connectivity index (χ0n) is 19.7. The number of ether oxygens (including phenoxy) is 2. The van der Waals surface area contributed by atoms with E-state index in [4.69, 9.17) is 23.9 Å². The Morgan fingerprint density at radius 1 is 0.943 bits per heavy atom. The summed E-state index contributed by atoms with van der Waals surface area (Å²) in [6, 6.07) is 12.0. The number of anilines is 1. The minimum atomic E-state index is 0. The number of likely N-dealkylation sites (tertiary alicyclic amines) is 1. The van der Waals surface area contributed by atoms with Crippen LogP contribution in [-0.2, 0) is 4.74 Å². The molecule has 35 heavy (non-hydrogen) atoms. The highest BCUT2D eigenvalue weighted by atomic mass is 35.5. The average Bonchev–Trinajstić information content (AvgIpc) is 3.28. The van der Waals surface area contributed by atoms with Gasteiger partial charge in [0, 0.05) is 31.4 Å². The Balaban J connectivity index is 0.00000253. The van der Waals surface area contributed by atoms with Gasteiger partial charge < -0.3 is 18.8 Å². The quantitative estimate of drug-likeness (QED) is 0.385. The average molecular weight is 496 g/mol. The molecule has 3 aromatic heterocycles. The van der Waals surface area contributed by atoms with E-state index in [1.165, 1.54) is 32.4 Å². The summed E-state index contributed by atoms with van der Waals surface area (Å²) in [6.45, 7) is 6.84. The molecule has 0 atom stereocenters. The number of aromatic nitrogens is 3. The number of halogens is 1. The summed E-state index contributed by atoms with van der Waals surface area (Å²) in [4.78, 5) is 19.0. The van der Waals surface area contributed by atoms with Crippen LogP contribution in [0.25, 0.3) is 33.6 Å². The zero-order valence-corrected chi connectivity index (χ0v) is 20.5. The van der Waals surface area contributed by atoms with E-state index < -0.39 is 0 Å². The first-order valence-electron chi connectivity index (χ1n) is 12.2. The van der Waals surface area contributed by atoms with Crippen molar-refractivity contribution >= 4 is 40.4 Å². The fourth-order valence-electron chi connectivity index (χ4n) is 4.78. The van der Waals surface area contributed by atoms with Crippen LogP contribution < -0.4 is 9.64 Å². The molecule has 0 radical (unpaired) electrons. The van der Waals surface area contributed by atoms with Gasteiger partial charge in [0.2, 0.25) is 5.71 Å². The first kappa shape index (κ1) is 23.8. The number of rotatable bonds is 6. The van der Waals surface area contributed by atoms with Gasteiger partial charge in [-0.25, -0.2) is 15.0 Å². The van der Waals surface area contributed by atoms with Gasteiger partial charge in [0.05, 0.1) is 18.6 Å². The van der Waals surface area contributed by atoms with Crippen molar-refractivity contribution in [2.75, 3.05) is 57.4 Å². The number of nitrogens with zero attached hydrogens (tertiary/aromatic N) is 5. The number of furan rings is 1. The highest BCUT2D eigenvalue weighted by Gasteiger charge is 2.23. The molecular weight excluding hydrogens is 466 g/mol. The van der Waals surface area contributed by atoms with E-state index in [2.05, 4.69) is 14.8 Å². The van der Waals surface area contributed by atoms with Crippen molar-refractivity contribution in [1.29, 1.82) is 0 Å². The van der Waals surface area contributed by atoms with Crippen LogP contribution in [-0.4, -0.2) is 72.4 Å². The summed E-state index contributed by atoms with van der Waals surface area (Å²) >= 11 is 0. The highest BCUT2D eigenvalue weighted by Crippen LogP contribution is 2.34. The number of piperidine rings is 1. The third-order valence-corrected chi connectivity index (χ3v) is 6.60. The van der Waals surface area contributed by atoms with Crippen LogP contribution >= 0.6 is 12.4 Å². The van der Waals surface area contributed by atoms with Crippen molar-refractivity contribution in [1.82, 2.24) is 19.9 Å². The number of pyridine rings is 1. The van der Waals surface area contributed by atoms with Crippen molar-refractivity contribution in [2.24, 2.45) is 0 Å². The molecule has 8 nitrogen and oxygen atoms in total. The van der Waals surface area contributed by atoms with Crippen LogP contribution in [0, 0.1) is 0 Å². The van der Waals surface area contributed by atoms with Crippen LogP contribution in [0.3, 0.4) is 0 Å². The SMILES string of the molecule is Cl.c1cc(OCCN2CCCCC2)cc(-c2nc(N3CCOCC3)c3oc4ncccc4c3n2)c1. The number of benzene rings is 1. The standard InChI is InChI=1S/C26H29N5O3.ClH/c1-2-10-30(11-3-1)12-17-33-20-7-4-6-19(18-20)24-28-22-21-8-5-9-27-26(21)34-23(22)25(29-24)31-13-15-32-16-14-31;/h4-9,18H,1-3,10-17H2;1H. The lowest BCUT2D eigenvalue weighted by molar-refractivity contribution is 0.122. The Hall–Kier alpha value is -2.94. The van der Waals surface area contributed by atoms with Crippen LogP contribution in [0.2, 0.25) is 0 Å². The van der Waals surface area contributed by atoms with Gasteiger partial charge >= 0.3 is 0 Å². The Bertz CT molecular complexity index is 1280. The predicted molar refractivity (Wildman–Crippen MR) is 139 cm³/mol. The molecule has 2 aliphatic rings. The fourth-order valence-corrected chi connectivity index (χ4v) is 4.78. The second-order valence-corrected chi connectivity index (χ2v) is 8.88. The number of fused-ring (bicyclic) bond motifs is 3. The van der Waals surface area contributed by atoms with Gasteiger partial charge in [0.15, 0.2) is 17.2 Å². The second kappa shape index (κ2) is 10.8. The molecule has 2 aliphatic heterocycles. The number of hydrogen-bond acceptors (Lipinski definition) is 8. The molecule has 184 valence electrons. The summed E-state index contributed by atoms with van der Waals surface area (Å²) in [5.74, 6) is 2.28. The maximum absolute atomic E-state index is 6.11. The maximum atomic E-state index is 6.11. The molecule has 9 heteroatoms. The van der Waals surface area contributed by atoms with Crippen LogP contribution in [0.15, 0.2) is 47.0 Å².